The Hall–Kier alpha value is -5.92. The molecule has 0 saturated carbocycles. The maximum Gasteiger partial charge on any atom is 0.143 e. The van der Waals surface area contributed by atoms with E-state index in [4.69, 9.17) is 4.42 Å². The second-order valence-electron chi connectivity index (χ2n) is 12.4. The largest absolute Gasteiger partial charge is 0.455 e. The first-order valence-corrected chi connectivity index (χ1v) is 15.9. The second-order valence-corrected chi connectivity index (χ2v) is 12.4. The highest BCUT2D eigenvalue weighted by molar-refractivity contribution is 6.24. The van der Waals surface area contributed by atoms with Gasteiger partial charge in [0.1, 0.15) is 11.2 Å². The third kappa shape index (κ3) is 3.40. The number of fused-ring (bicyclic) bond motifs is 9. The van der Waals surface area contributed by atoms with Crippen LogP contribution in [-0.2, 0) is 5.41 Å². The fraction of sp³-hybridized carbons (Fsp3) is 0.0222. The van der Waals surface area contributed by atoms with Gasteiger partial charge in [0, 0.05) is 16.3 Å². The fourth-order valence-corrected chi connectivity index (χ4v) is 8.14. The normalized spacial score (nSPS) is 13.4. The highest BCUT2D eigenvalue weighted by Gasteiger charge is 2.46. The van der Waals surface area contributed by atoms with Crippen LogP contribution in [0.15, 0.2) is 174 Å². The molecule has 214 valence electrons. The van der Waals surface area contributed by atoms with Crippen molar-refractivity contribution in [2.75, 3.05) is 0 Å². The molecule has 46 heavy (non-hydrogen) atoms. The topological polar surface area (TPSA) is 13.1 Å². The molecule has 8 aromatic carbocycles. The van der Waals surface area contributed by atoms with E-state index in [0.29, 0.717) is 0 Å². The van der Waals surface area contributed by atoms with Gasteiger partial charge in [-0.05, 0) is 84.8 Å². The Morgan fingerprint density at radius 1 is 0.391 bits per heavy atom. The van der Waals surface area contributed by atoms with Gasteiger partial charge < -0.3 is 4.42 Å². The Bertz CT molecular complexity index is 2590. The van der Waals surface area contributed by atoms with Gasteiger partial charge in [0.25, 0.3) is 0 Å². The average Bonchev–Trinajstić information content (AvgIpc) is 3.64. The third-order valence-corrected chi connectivity index (χ3v) is 10.1. The molecule has 0 amide bonds. The lowest BCUT2D eigenvalue weighted by molar-refractivity contribution is 0.671. The van der Waals surface area contributed by atoms with Gasteiger partial charge in [-0.25, -0.2) is 0 Å². The second kappa shape index (κ2) is 9.54. The minimum Gasteiger partial charge on any atom is -0.455 e. The van der Waals surface area contributed by atoms with Crippen molar-refractivity contribution in [1.29, 1.82) is 0 Å². The van der Waals surface area contributed by atoms with Crippen molar-refractivity contribution in [1.82, 2.24) is 0 Å². The first kappa shape index (κ1) is 25.4. The molecule has 1 aliphatic carbocycles. The summed E-state index contributed by atoms with van der Waals surface area (Å²) in [5.41, 5.74) is 11.4. The lowest BCUT2D eigenvalue weighted by atomic mass is 9.67. The van der Waals surface area contributed by atoms with Crippen LogP contribution in [0.4, 0.5) is 0 Å². The minimum absolute atomic E-state index is 0.412. The van der Waals surface area contributed by atoms with Gasteiger partial charge >= 0.3 is 0 Å². The quantitative estimate of drug-likeness (QED) is 0.201. The van der Waals surface area contributed by atoms with Crippen LogP contribution >= 0.6 is 0 Å². The van der Waals surface area contributed by atoms with Gasteiger partial charge in [-0.3, -0.25) is 0 Å². The zero-order valence-corrected chi connectivity index (χ0v) is 25.1. The number of furan rings is 1. The number of rotatable bonds is 3. The van der Waals surface area contributed by atoms with Crippen molar-refractivity contribution < 1.29 is 4.42 Å². The fourth-order valence-electron chi connectivity index (χ4n) is 8.14. The minimum atomic E-state index is -0.412. The Morgan fingerprint density at radius 3 is 1.76 bits per heavy atom. The van der Waals surface area contributed by atoms with E-state index >= 15 is 0 Å². The van der Waals surface area contributed by atoms with Crippen molar-refractivity contribution in [2.45, 2.75) is 5.41 Å². The molecular weight excluding hydrogens is 556 g/mol. The molecule has 0 radical (unpaired) electrons. The zero-order chi connectivity index (χ0) is 30.2. The van der Waals surface area contributed by atoms with Crippen LogP contribution in [0, 0.1) is 0 Å². The first-order chi connectivity index (χ1) is 22.8. The molecule has 0 bridgehead atoms. The molecule has 1 heteroatoms. The highest BCUT2D eigenvalue weighted by Crippen LogP contribution is 2.57. The standard InChI is InChI=1S/C45H28O/c1-3-16-33(17-4-1)45(34-18-5-2-6-19-34)40-22-12-11-21-36(40)38-27-32(23-24-41(38)45)37-26-31-15-9-10-20-35(31)43-39-25-29-13-7-8-14-30(29)28-42(39)46-44(37)43/h1-28H. The van der Waals surface area contributed by atoms with Gasteiger partial charge in [0.15, 0.2) is 0 Å². The van der Waals surface area contributed by atoms with E-state index in [1.54, 1.807) is 0 Å². The number of hydrogen-bond donors (Lipinski definition) is 0. The molecule has 0 fully saturated rings. The van der Waals surface area contributed by atoms with Crippen LogP contribution < -0.4 is 0 Å². The van der Waals surface area contributed by atoms with Crippen LogP contribution in [0.25, 0.3) is 65.7 Å². The summed E-state index contributed by atoms with van der Waals surface area (Å²) in [4.78, 5) is 0. The molecule has 0 atom stereocenters. The Labute approximate surface area is 267 Å². The van der Waals surface area contributed by atoms with Gasteiger partial charge in [-0.2, -0.15) is 0 Å². The summed E-state index contributed by atoms with van der Waals surface area (Å²) in [5, 5.41) is 7.17. The average molecular weight is 585 g/mol. The Morgan fingerprint density at radius 2 is 1.00 bits per heavy atom. The molecule has 9 aromatic rings. The summed E-state index contributed by atoms with van der Waals surface area (Å²) in [6.45, 7) is 0. The molecule has 1 heterocycles. The van der Waals surface area contributed by atoms with Crippen LogP contribution in [0.1, 0.15) is 22.3 Å². The van der Waals surface area contributed by atoms with Gasteiger partial charge in [0.05, 0.1) is 5.41 Å². The van der Waals surface area contributed by atoms with Crippen LogP contribution in [0.5, 0.6) is 0 Å². The molecule has 0 saturated heterocycles. The predicted octanol–water partition coefficient (Wildman–Crippen LogP) is 11.9. The lowest BCUT2D eigenvalue weighted by Crippen LogP contribution is -2.28. The summed E-state index contributed by atoms with van der Waals surface area (Å²) in [6.07, 6.45) is 0. The zero-order valence-electron chi connectivity index (χ0n) is 25.1. The summed E-state index contributed by atoms with van der Waals surface area (Å²) in [5.74, 6) is 0. The summed E-state index contributed by atoms with van der Waals surface area (Å²) < 4.78 is 6.82. The van der Waals surface area contributed by atoms with E-state index in [1.807, 2.05) is 0 Å². The van der Waals surface area contributed by atoms with Gasteiger partial charge in [-0.15, -0.1) is 0 Å². The van der Waals surface area contributed by atoms with Crippen molar-refractivity contribution in [2.24, 2.45) is 0 Å². The molecule has 0 aliphatic heterocycles. The van der Waals surface area contributed by atoms with Gasteiger partial charge in [0.2, 0.25) is 0 Å². The molecule has 1 aromatic heterocycles. The maximum absolute atomic E-state index is 6.82. The first-order valence-electron chi connectivity index (χ1n) is 15.9. The number of hydrogen-bond acceptors (Lipinski definition) is 1. The monoisotopic (exact) mass is 584 g/mol. The van der Waals surface area contributed by atoms with Crippen molar-refractivity contribution in [3.8, 4) is 22.3 Å². The molecule has 0 unspecified atom stereocenters. The van der Waals surface area contributed by atoms with Crippen molar-refractivity contribution in [3.05, 3.63) is 192 Å². The van der Waals surface area contributed by atoms with Crippen LogP contribution in [0.3, 0.4) is 0 Å². The Kier molecular flexibility index (Phi) is 5.27. The van der Waals surface area contributed by atoms with E-state index < -0.39 is 5.41 Å². The molecule has 0 N–H and O–H groups in total. The van der Waals surface area contributed by atoms with E-state index in [-0.39, 0.29) is 0 Å². The van der Waals surface area contributed by atoms with Crippen LogP contribution in [0.2, 0.25) is 0 Å². The van der Waals surface area contributed by atoms with Crippen molar-refractivity contribution >= 4 is 43.5 Å². The Balaban J connectivity index is 1.29. The summed E-state index contributed by atoms with van der Waals surface area (Å²) in [6, 6.07) is 62.0. The van der Waals surface area contributed by atoms with Crippen molar-refractivity contribution in [3.63, 3.8) is 0 Å². The smallest absolute Gasteiger partial charge is 0.143 e. The molecular formula is C45H28O. The lowest BCUT2D eigenvalue weighted by Gasteiger charge is -2.33. The van der Waals surface area contributed by atoms with E-state index in [2.05, 4.69) is 170 Å². The van der Waals surface area contributed by atoms with E-state index in [1.165, 1.54) is 60.3 Å². The highest BCUT2D eigenvalue weighted by atomic mass is 16.3. The SMILES string of the molecule is c1ccc(C2(c3ccccc3)c3ccccc3-c3cc(-c4cc5ccccc5c5c4oc4cc6ccccc6cc45)ccc32)cc1. The molecule has 0 spiro atoms. The number of benzene rings is 8. The summed E-state index contributed by atoms with van der Waals surface area (Å²) >= 11 is 0. The molecule has 10 rings (SSSR count). The predicted molar refractivity (Wildman–Crippen MR) is 191 cm³/mol. The molecule has 1 nitrogen and oxygen atoms in total. The maximum atomic E-state index is 6.82. The third-order valence-electron chi connectivity index (χ3n) is 10.1. The summed E-state index contributed by atoms with van der Waals surface area (Å²) in [7, 11) is 0. The van der Waals surface area contributed by atoms with Gasteiger partial charge in [-0.1, -0.05) is 146 Å². The van der Waals surface area contributed by atoms with E-state index in [9.17, 15) is 0 Å². The van der Waals surface area contributed by atoms with E-state index in [0.717, 1.165) is 27.7 Å². The molecule has 1 aliphatic rings. The van der Waals surface area contributed by atoms with Crippen LogP contribution in [-0.4, -0.2) is 0 Å².